The van der Waals surface area contributed by atoms with E-state index in [0.29, 0.717) is 9.39 Å². The SMILES string of the molecule is CC1CC1CNc1nc[nH]c(=O)c1I. The molecule has 0 radical (unpaired) electrons. The lowest BCUT2D eigenvalue weighted by Crippen LogP contribution is -2.16. The molecule has 5 heteroatoms. The summed E-state index contributed by atoms with van der Waals surface area (Å²) in [4.78, 5) is 17.8. The zero-order valence-electron chi connectivity index (χ0n) is 7.88. The van der Waals surface area contributed by atoms with Crippen molar-refractivity contribution in [2.75, 3.05) is 11.9 Å². The predicted octanol–water partition coefficient (Wildman–Crippen LogP) is 1.44. The van der Waals surface area contributed by atoms with Crippen molar-refractivity contribution in [2.24, 2.45) is 11.8 Å². The van der Waals surface area contributed by atoms with Gasteiger partial charge in [-0.3, -0.25) is 4.79 Å². The van der Waals surface area contributed by atoms with Gasteiger partial charge in [-0.25, -0.2) is 4.98 Å². The minimum atomic E-state index is -0.0769. The predicted molar refractivity (Wildman–Crippen MR) is 63.3 cm³/mol. The summed E-state index contributed by atoms with van der Waals surface area (Å²) in [5, 5.41) is 3.21. The van der Waals surface area contributed by atoms with Crippen LogP contribution in [-0.2, 0) is 0 Å². The first-order valence-corrected chi connectivity index (χ1v) is 5.73. The molecule has 1 aliphatic rings. The highest BCUT2D eigenvalue weighted by molar-refractivity contribution is 14.1. The molecule has 1 fully saturated rings. The summed E-state index contributed by atoms with van der Waals surface area (Å²) in [7, 11) is 0. The second kappa shape index (κ2) is 3.88. The van der Waals surface area contributed by atoms with Crippen molar-refractivity contribution in [3.8, 4) is 0 Å². The maximum absolute atomic E-state index is 11.2. The molecule has 1 aromatic rings. The van der Waals surface area contributed by atoms with E-state index in [2.05, 4.69) is 22.2 Å². The lowest BCUT2D eigenvalue weighted by atomic mass is 10.3. The Hall–Kier alpha value is -0.590. The van der Waals surface area contributed by atoms with Gasteiger partial charge in [0.2, 0.25) is 0 Å². The Morgan fingerprint density at radius 2 is 2.50 bits per heavy atom. The third-order valence-electron chi connectivity index (χ3n) is 2.60. The Bertz CT molecular complexity index is 390. The summed E-state index contributed by atoms with van der Waals surface area (Å²) in [5.41, 5.74) is -0.0769. The van der Waals surface area contributed by atoms with Gasteiger partial charge in [-0.2, -0.15) is 0 Å². The minimum absolute atomic E-state index is 0.0769. The fourth-order valence-electron chi connectivity index (χ4n) is 1.42. The van der Waals surface area contributed by atoms with E-state index in [4.69, 9.17) is 0 Å². The van der Waals surface area contributed by atoms with Crippen LogP contribution < -0.4 is 10.9 Å². The molecule has 1 heterocycles. The topological polar surface area (TPSA) is 57.8 Å². The molecule has 1 aromatic heterocycles. The Morgan fingerprint density at radius 1 is 1.79 bits per heavy atom. The molecule has 0 saturated heterocycles. The van der Waals surface area contributed by atoms with E-state index >= 15 is 0 Å². The van der Waals surface area contributed by atoms with Crippen LogP contribution in [0.25, 0.3) is 0 Å². The molecule has 0 bridgehead atoms. The molecule has 1 aliphatic carbocycles. The van der Waals surface area contributed by atoms with Gasteiger partial charge in [0.1, 0.15) is 9.39 Å². The van der Waals surface area contributed by atoms with Crippen molar-refractivity contribution in [3.05, 3.63) is 20.3 Å². The van der Waals surface area contributed by atoms with Gasteiger partial charge >= 0.3 is 0 Å². The van der Waals surface area contributed by atoms with Gasteiger partial charge in [0, 0.05) is 6.54 Å². The fourth-order valence-corrected chi connectivity index (χ4v) is 1.90. The number of nitrogens with zero attached hydrogens (tertiary/aromatic N) is 1. The van der Waals surface area contributed by atoms with E-state index < -0.39 is 0 Å². The van der Waals surface area contributed by atoms with Crippen molar-refractivity contribution >= 4 is 28.4 Å². The minimum Gasteiger partial charge on any atom is -0.369 e. The van der Waals surface area contributed by atoms with Gasteiger partial charge < -0.3 is 10.3 Å². The standard InChI is InChI=1S/C9H12IN3O/c1-5-2-6(5)3-11-8-7(10)9(14)13-4-12-8/h4-6H,2-3H2,1H3,(H2,11,12,13,14). The van der Waals surface area contributed by atoms with Crippen LogP contribution in [0.15, 0.2) is 11.1 Å². The van der Waals surface area contributed by atoms with Crippen LogP contribution in [0.5, 0.6) is 0 Å². The van der Waals surface area contributed by atoms with Crippen molar-refractivity contribution in [1.82, 2.24) is 9.97 Å². The first-order valence-electron chi connectivity index (χ1n) is 4.65. The summed E-state index contributed by atoms with van der Waals surface area (Å²) < 4.78 is 0.637. The Labute approximate surface area is 95.7 Å². The van der Waals surface area contributed by atoms with E-state index in [1.165, 1.54) is 12.7 Å². The first-order chi connectivity index (χ1) is 6.68. The monoisotopic (exact) mass is 305 g/mol. The Balaban J connectivity index is 2.02. The molecule has 0 aromatic carbocycles. The lowest BCUT2D eigenvalue weighted by molar-refractivity contribution is 0.783. The number of rotatable bonds is 3. The van der Waals surface area contributed by atoms with Crippen LogP contribution >= 0.6 is 22.6 Å². The lowest BCUT2D eigenvalue weighted by Gasteiger charge is -2.05. The molecule has 1 saturated carbocycles. The van der Waals surface area contributed by atoms with Crippen LogP contribution in [0.1, 0.15) is 13.3 Å². The Morgan fingerprint density at radius 3 is 3.14 bits per heavy atom. The van der Waals surface area contributed by atoms with Crippen molar-refractivity contribution in [3.63, 3.8) is 0 Å². The van der Waals surface area contributed by atoms with Gasteiger partial charge in [-0.15, -0.1) is 0 Å². The molecular weight excluding hydrogens is 293 g/mol. The van der Waals surface area contributed by atoms with Crippen LogP contribution in [0.4, 0.5) is 5.82 Å². The highest BCUT2D eigenvalue weighted by Gasteiger charge is 2.32. The van der Waals surface area contributed by atoms with Crippen LogP contribution in [0.2, 0.25) is 0 Å². The molecule has 2 N–H and O–H groups in total. The Kier molecular flexibility index (Phi) is 2.76. The highest BCUT2D eigenvalue weighted by Crippen LogP contribution is 2.37. The normalized spacial score (nSPS) is 24.7. The number of hydrogen-bond acceptors (Lipinski definition) is 3. The summed E-state index contributed by atoms with van der Waals surface area (Å²) in [6, 6.07) is 0. The second-order valence-electron chi connectivity index (χ2n) is 3.75. The summed E-state index contributed by atoms with van der Waals surface area (Å²) in [5.74, 6) is 2.28. The van der Waals surface area contributed by atoms with Gasteiger partial charge in [-0.05, 0) is 40.8 Å². The zero-order chi connectivity index (χ0) is 10.1. The second-order valence-corrected chi connectivity index (χ2v) is 4.83. The fraction of sp³-hybridized carbons (Fsp3) is 0.556. The van der Waals surface area contributed by atoms with Gasteiger partial charge in [0.15, 0.2) is 0 Å². The molecule has 14 heavy (non-hydrogen) atoms. The largest absolute Gasteiger partial charge is 0.369 e. The number of aromatic amines is 1. The molecule has 2 unspecified atom stereocenters. The van der Waals surface area contributed by atoms with Crippen molar-refractivity contribution < 1.29 is 0 Å². The maximum atomic E-state index is 11.2. The summed E-state index contributed by atoms with van der Waals surface area (Å²) in [6.07, 6.45) is 2.72. The molecular formula is C9H12IN3O. The molecule has 0 amide bonds. The van der Waals surface area contributed by atoms with E-state index in [1.807, 2.05) is 22.6 Å². The van der Waals surface area contributed by atoms with Crippen LogP contribution in [0, 0.1) is 15.4 Å². The highest BCUT2D eigenvalue weighted by atomic mass is 127. The van der Waals surface area contributed by atoms with Crippen LogP contribution in [-0.4, -0.2) is 16.5 Å². The zero-order valence-corrected chi connectivity index (χ0v) is 10.0. The molecule has 2 rings (SSSR count). The number of hydrogen-bond donors (Lipinski definition) is 2. The number of halogens is 1. The van der Waals surface area contributed by atoms with E-state index in [1.54, 1.807) is 0 Å². The summed E-state index contributed by atoms with van der Waals surface area (Å²) >= 11 is 2.01. The van der Waals surface area contributed by atoms with Crippen LogP contribution in [0.3, 0.4) is 0 Å². The molecule has 0 aliphatic heterocycles. The van der Waals surface area contributed by atoms with E-state index in [-0.39, 0.29) is 5.56 Å². The van der Waals surface area contributed by atoms with E-state index in [0.717, 1.165) is 18.4 Å². The van der Waals surface area contributed by atoms with Gasteiger partial charge in [-0.1, -0.05) is 6.92 Å². The molecule has 0 spiro atoms. The number of aromatic nitrogens is 2. The van der Waals surface area contributed by atoms with E-state index in [9.17, 15) is 4.79 Å². The quantitative estimate of drug-likeness (QED) is 0.831. The molecule has 76 valence electrons. The first kappa shape index (κ1) is 9.95. The molecule has 4 nitrogen and oxygen atoms in total. The molecule has 2 atom stereocenters. The summed E-state index contributed by atoms with van der Waals surface area (Å²) in [6.45, 7) is 3.16. The average Bonchev–Trinajstić information content (AvgIpc) is 2.85. The smallest absolute Gasteiger partial charge is 0.266 e. The van der Waals surface area contributed by atoms with Gasteiger partial charge in [0.25, 0.3) is 5.56 Å². The van der Waals surface area contributed by atoms with Crippen molar-refractivity contribution in [2.45, 2.75) is 13.3 Å². The third-order valence-corrected chi connectivity index (χ3v) is 3.61. The van der Waals surface area contributed by atoms with Crippen molar-refractivity contribution in [1.29, 1.82) is 0 Å². The average molecular weight is 305 g/mol. The van der Waals surface area contributed by atoms with Gasteiger partial charge in [0.05, 0.1) is 6.33 Å². The number of nitrogens with one attached hydrogen (secondary N) is 2. The number of anilines is 1. The number of H-pyrrole nitrogens is 1. The maximum Gasteiger partial charge on any atom is 0.266 e. The third kappa shape index (κ3) is 2.08.